The molecule has 1 N–H and O–H groups in total. The molecule has 0 saturated carbocycles. The lowest BCUT2D eigenvalue weighted by Gasteiger charge is -2.33. The molecule has 0 aromatic heterocycles. The number of nitrogens with zero attached hydrogens (tertiary/aromatic N) is 2. The summed E-state index contributed by atoms with van der Waals surface area (Å²) in [7, 11) is 0.789. The van der Waals surface area contributed by atoms with Gasteiger partial charge < -0.3 is 4.74 Å². The van der Waals surface area contributed by atoms with Crippen LogP contribution in [0.5, 0.6) is 5.75 Å². The zero-order chi connectivity index (χ0) is 23.4. The van der Waals surface area contributed by atoms with E-state index in [1.807, 2.05) is 0 Å². The summed E-state index contributed by atoms with van der Waals surface area (Å²) in [6, 6.07) is 0.407. The summed E-state index contributed by atoms with van der Waals surface area (Å²) >= 11 is 0. The minimum Gasteiger partial charge on any atom is -0.423 e. The number of carbonyl (C=O) groups excluding carboxylic acids is 2. The standard InChI is InChI=1S/C17H8F8N2O4/c1-26(30)9(28)4-27-7-2-5(6(18)3-8(7)31-17(24,25)16(27)29)10-11(19)13(21)15(23)14(22)12(10)20/h2-3,30H,4H2,1H3. The molecular weight excluding hydrogens is 448 g/mol. The Hall–Kier alpha value is -3.42. The normalized spacial score (nSPS) is 14.9. The van der Waals surface area contributed by atoms with Crippen molar-refractivity contribution in [3.63, 3.8) is 0 Å². The first kappa shape index (κ1) is 22.3. The number of benzene rings is 2. The highest BCUT2D eigenvalue weighted by molar-refractivity contribution is 6.05. The molecule has 166 valence electrons. The van der Waals surface area contributed by atoms with Crippen LogP contribution in [0.4, 0.5) is 40.8 Å². The van der Waals surface area contributed by atoms with Crippen molar-refractivity contribution >= 4 is 17.5 Å². The number of ether oxygens (including phenoxy) is 1. The second-order valence-corrected chi connectivity index (χ2v) is 6.17. The number of carbonyl (C=O) groups is 2. The van der Waals surface area contributed by atoms with Crippen molar-refractivity contribution in [1.82, 2.24) is 5.06 Å². The highest BCUT2D eigenvalue weighted by atomic mass is 19.3. The molecule has 0 atom stereocenters. The van der Waals surface area contributed by atoms with Gasteiger partial charge in [0, 0.05) is 18.7 Å². The summed E-state index contributed by atoms with van der Waals surface area (Å²) in [5, 5.41) is 9.03. The summed E-state index contributed by atoms with van der Waals surface area (Å²) in [5.41, 5.74) is -3.90. The molecule has 0 saturated heterocycles. The SMILES string of the molecule is CN(O)C(=O)CN1C(=O)C(F)(F)Oc2cc(F)c(-c3c(F)c(F)c(F)c(F)c3F)cc21. The molecule has 3 rings (SSSR count). The van der Waals surface area contributed by atoms with E-state index in [2.05, 4.69) is 4.74 Å². The second kappa shape index (κ2) is 7.37. The number of rotatable bonds is 3. The number of likely N-dealkylation sites (N-methyl/N-ethyl adjacent to an activating group) is 1. The molecule has 2 aromatic carbocycles. The molecule has 0 radical (unpaired) electrons. The van der Waals surface area contributed by atoms with Crippen molar-refractivity contribution in [3.05, 3.63) is 47.0 Å². The third-order valence-electron chi connectivity index (χ3n) is 4.21. The van der Waals surface area contributed by atoms with E-state index < -0.39 is 81.9 Å². The maximum absolute atomic E-state index is 14.4. The van der Waals surface area contributed by atoms with Gasteiger partial charge in [0.2, 0.25) is 5.82 Å². The maximum atomic E-state index is 14.4. The fourth-order valence-electron chi connectivity index (χ4n) is 2.71. The van der Waals surface area contributed by atoms with Crippen LogP contribution in [-0.4, -0.2) is 41.8 Å². The van der Waals surface area contributed by atoms with E-state index in [4.69, 9.17) is 5.21 Å². The monoisotopic (exact) mass is 456 g/mol. The van der Waals surface area contributed by atoms with Crippen LogP contribution >= 0.6 is 0 Å². The molecule has 1 aliphatic heterocycles. The molecule has 1 aliphatic rings. The molecule has 31 heavy (non-hydrogen) atoms. The Bertz CT molecular complexity index is 1090. The van der Waals surface area contributed by atoms with E-state index in [1.54, 1.807) is 0 Å². The number of hydrogen-bond donors (Lipinski definition) is 1. The van der Waals surface area contributed by atoms with E-state index in [-0.39, 0.29) is 16.0 Å². The zero-order valence-electron chi connectivity index (χ0n) is 15.0. The van der Waals surface area contributed by atoms with Gasteiger partial charge in [-0.05, 0) is 6.07 Å². The number of amides is 2. The summed E-state index contributed by atoms with van der Waals surface area (Å²) in [6.07, 6.45) is -4.60. The zero-order valence-corrected chi connectivity index (χ0v) is 15.0. The number of hydrogen-bond acceptors (Lipinski definition) is 4. The van der Waals surface area contributed by atoms with Crippen LogP contribution in [0.2, 0.25) is 0 Å². The Morgan fingerprint density at radius 3 is 2.06 bits per heavy atom. The topological polar surface area (TPSA) is 70.1 Å². The van der Waals surface area contributed by atoms with E-state index in [0.717, 1.165) is 7.05 Å². The average molecular weight is 456 g/mol. The van der Waals surface area contributed by atoms with Crippen LogP contribution in [-0.2, 0) is 9.59 Å². The molecule has 0 aliphatic carbocycles. The van der Waals surface area contributed by atoms with E-state index in [0.29, 0.717) is 6.07 Å². The molecular formula is C17H8F8N2O4. The third-order valence-corrected chi connectivity index (χ3v) is 4.21. The van der Waals surface area contributed by atoms with Gasteiger partial charge in [0.15, 0.2) is 29.0 Å². The summed E-state index contributed by atoms with van der Waals surface area (Å²) in [4.78, 5) is 23.7. The van der Waals surface area contributed by atoms with Gasteiger partial charge in [-0.2, -0.15) is 8.78 Å². The Morgan fingerprint density at radius 2 is 1.55 bits per heavy atom. The highest BCUT2D eigenvalue weighted by Gasteiger charge is 2.51. The van der Waals surface area contributed by atoms with Gasteiger partial charge in [0.1, 0.15) is 12.4 Å². The first-order chi connectivity index (χ1) is 14.3. The quantitative estimate of drug-likeness (QED) is 0.253. The number of alkyl halides is 2. The van der Waals surface area contributed by atoms with Gasteiger partial charge in [0.05, 0.1) is 11.3 Å². The highest BCUT2D eigenvalue weighted by Crippen LogP contribution is 2.44. The van der Waals surface area contributed by atoms with Crippen LogP contribution < -0.4 is 9.64 Å². The van der Waals surface area contributed by atoms with Gasteiger partial charge in [0.25, 0.3) is 5.91 Å². The lowest BCUT2D eigenvalue weighted by atomic mass is 10.0. The molecule has 0 spiro atoms. The number of fused-ring (bicyclic) bond motifs is 1. The molecule has 0 unspecified atom stereocenters. The van der Waals surface area contributed by atoms with Gasteiger partial charge >= 0.3 is 12.0 Å². The fourth-order valence-corrected chi connectivity index (χ4v) is 2.71. The maximum Gasteiger partial charge on any atom is 0.482 e. The van der Waals surface area contributed by atoms with Crippen LogP contribution in [0.15, 0.2) is 12.1 Å². The smallest absolute Gasteiger partial charge is 0.423 e. The van der Waals surface area contributed by atoms with E-state index in [1.165, 1.54) is 0 Å². The molecule has 0 fully saturated rings. The van der Waals surface area contributed by atoms with Crippen molar-refractivity contribution < 1.29 is 54.7 Å². The molecule has 14 heteroatoms. The Labute approximate surface area is 166 Å². The van der Waals surface area contributed by atoms with Gasteiger partial charge in [-0.1, -0.05) is 0 Å². The molecule has 2 aromatic rings. The molecule has 1 heterocycles. The Morgan fingerprint density at radius 1 is 1.03 bits per heavy atom. The van der Waals surface area contributed by atoms with E-state index >= 15 is 0 Å². The Kier molecular flexibility index (Phi) is 5.29. The van der Waals surface area contributed by atoms with Gasteiger partial charge in [-0.25, -0.2) is 31.4 Å². The van der Waals surface area contributed by atoms with Crippen LogP contribution in [0.3, 0.4) is 0 Å². The average Bonchev–Trinajstić information content (AvgIpc) is 2.69. The van der Waals surface area contributed by atoms with Crippen molar-refractivity contribution in [2.45, 2.75) is 6.11 Å². The molecule has 6 nitrogen and oxygen atoms in total. The minimum atomic E-state index is -4.60. The van der Waals surface area contributed by atoms with Crippen molar-refractivity contribution in [2.75, 3.05) is 18.5 Å². The lowest BCUT2D eigenvalue weighted by molar-refractivity contribution is -0.193. The van der Waals surface area contributed by atoms with Crippen molar-refractivity contribution in [2.24, 2.45) is 0 Å². The summed E-state index contributed by atoms with van der Waals surface area (Å²) < 4.78 is 115. The Balaban J connectivity index is 2.27. The number of halogens is 8. The van der Waals surface area contributed by atoms with Gasteiger partial charge in [-0.3, -0.25) is 19.7 Å². The van der Waals surface area contributed by atoms with Crippen LogP contribution in [0, 0.1) is 34.9 Å². The van der Waals surface area contributed by atoms with Gasteiger partial charge in [-0.15, -0.1) is 0 Å². The molecule has 2 amide bonds. The lowest BCUT2D eigenvalue weighted by Crippen LogP contribution is -2.53. The number of anilines is 1. The first-order valence-corrected chi connectivity index (χ1v) is 7.97. The fraction of sp³-hybridized carbons (Fsp3) is 0.176. The second-order valence-electron chi connectivity index (χ2n) is 6.17. The molecule has 0 bridgehead atoms. The summed E-state index contributed by atoms with van der Waals surface area (Å²) in [5.74, 6) is -18.5. The predicted molar refractivity (Wildman–Crippen MR) is 84.1 cm³/mol. The van der Waals surface area contributed by atoms with E-state index in [9.17, 15) is 44.7 Å². The van der Waals surface area contributed by atoms with Crippen LogP contribution in [0.1, 0.15) is 0 Å². The van der Waals surface area contributed by atoms with Crippen molar-refractivity contribution in [3.8, 4) is 16.9 Å². The number of hydroxylamine groups is 2. The largest absolute Gasteiger partial charge is 0.482 e. The van der Waals surface area contributed by atoms with Crippen molar-refractivity contribution in [1.29, 1.82) is 0 Å². The minimum absolute atomic E-state index is 0.0110. The summed E-state index contributed by atoms with van der Waals surface area (Å²) in [6.45, 7) is -1.26. The van der Waals surface area contributed by atoms with Crippen LogP contribution in [0.25, 0.3) is 11.1 Å². The first-order valence-electron chi connectivity index (χ1n) is 7.97. The third kappa shape index (κ3) is 3.52. The predicted octanol–water partition coefficient (Wildman–Crippen LogP) is 3.35.